The second-order valence-corrected chi connectivity index (χ2v) is 8.32. The van der Waals surface area contributed by atoms with Crippen molar-refractivity contribution in [3.63, 3.8) is 0 Å². The van der Waals surface area contributed by atoms with Gasteiger partial charge < -0.3 is 10.6 Å². The predicted molar refractivity (Wildman–Crippen MR) is 104 cm³/mol. The SMILES string of the molecule is CC(C)c1ccc(NC(=O)NC2CC3CCCC(C2)N3C(C)C)cc1. The lowest BCUT2D eigenvalue weighted by molar-refractivity contribution is 0.00233. The van der Waals surface area contributed by atoms with Crippen molar-refractivity contribution in [2.45, 2.75) is 89.9 Å². The summed E-state index contributed by atoms with van der Waals surface area (Å²) in [4.78, 5) is 15.1. The molecule has 1 aromatic rings. The number of fused-ring (bicyclic) bond motifs is 2. The Morgan fingerprint density at radius 2 is 1.64 bits per heavy atom. The van der Waals surface area contributed by atoms with Gasteiger partial charge in [0, 0.05) is 29.9 Å². The Morgan fingerprint density at radius 1 is 1.04 bits per heavy atom. The number of piperidine rings is 2. The third-order valence-electron chi connectivity index (χ3n) is 5.80. The average molecular weight is 344 g/mol. The summed E-state index contributed by atoms with van der Waals surface area (Å²) in [7, 11) is 0. The molecule has 2 unspecified atom stereocenters. The minimum Gasteiger partial charge on any atom is -0.335 e. The van der Waals surface area contributed by atoms with Crippen molar-refractivity contribution < 1.29 is 4.79 Å². The number of nitrogens with one attached hydrogen (secondary N) is 2. The van der Waals surface area contributed by atoms with Crippen LogP contribution in [0.4, 0.5) is 10.5 Å². The topological polar surface area (TPSA) is 44.4 Å². The molecular weight excluding hydrogens is 310 g/mol. The minimum atomic E-state index is -0.0710. The quantitative estimate of drug-likeness (QED) is 0.830. The monoisotopic (exact) mass is 343 g/mol. The van der Waals surface area contributed by atoms with Crippen molar-refractivity contribution in [1.82, 2.24) is 10.2 Å². The van der Waals surface area contributed by atoms with Gasteiger partial charge in [-0.3, -0.25) is 4.90 Å². The van der Waals surface area contributed by atoms with E-state index in [-0.39, 0.29) is 6.03 Å². The van der Waals surface area contributed by atoms with Gasteiger partial charge in [-0.2, -0.15) is 0 Å². The van der Waals surface area contributed by atoms with Crippen LogP contribution in [0.3, 0.4) is 0 Å². The minimum absolute atomic E-state index is 0.0710. The van der Waals surface area contributed by atoms with Crippen molar-refractivity contribution in [1.29, 1.82) is 0 Å². The number of amides is 2. The van der Waals surface area contributed by atoms with Gasteiger partial charge in [0.25, 0.3) is 0 Å². The molecule has 2 atom stereocenters. The maximum absolute atomic E-state index is 12.4. The Labute approximate surface area is 152 Å². The number of carbonyl (C=O) groups excluding carboxylic acids is 1. The summed E-state index contributed by atoms with van der Waals surface area (Å²) in [5.41, 5.74) is 2.15. The van der Waals surface area contributed by atoms with Crippen LogP contribution in [0, 0.1) is 0 Å². The summed E-state index contributed by atoms with van der Waals surface area (Å²) < 4.78 is 0. The first kappa shape index (κ1) is 18.2. The number of urea groups is 1. The van der Waals surface area contributed by atoms with Gasteiger partial charge >= 0.3 is 6.03 Å². The third kappa shape index (κ3) is 4.35. The van der Waals surface area contributed by atoms with Crippen molar-refractivity contribution in [3.05, 3.63) is 29.8 Å². The zero-order chi connectivity index (χ0) is 18.0. The zero-order valence-corrected chi connectivity index (χ0v) is 16.1. The number of carbonyl (C=O) groups is 1. The molecule has 2 aliphatic heterocycles. The number of nitrogens with zero attached hydrogens (tertiary/aromatic N) is 1. The van der Waals surface area contributed by atoms with Gasteiger partial charge in [0.05, 0.1) is 0 Å². The summed E-state index contributed by atoms with van der Waals surface area (Å²) in [5, 5.41) is 6.21. The highest BCUT2D eigenvalue weighted by Crippen LogP contribution is 2.35. The predicted octanol–water partition coefficient (Wildman–Crippen LogP) is 4.73. The summed E-state index contributed by atoms with van der Waals surface area (Å²) in [6.45, 7) is 8.95. The summed E-state index contributed by atoms with van der Waals surface area (Å²) in [5.74, 6) is 0.508. The van der Waals surface area contributed by atoms with Gasteiger partial charge in [-0.05, 0) is 63.1 Å². The van der Waals surface area contributed by atoms with Gasteiger partial charge in [0.2, 0.25) is 0 Å². The van der Waals surface area contributed by atoms with Crippen LogP contribution in [0.2, 0.25) is 0 Å². The Morgan fingerprint density at radius 3 is 2.16 bits per heavy atom. The van der Waals surface area contributed by atoms with E-state index in [1.165, 1.54) is 24.8 Å². The molecule has 2 N–H and O–H groups in total. The van der Waals surface area contributed by atoms with Crippen LogP contribution < -0.4 is 10.6 Å². The lowest BCUT2D eigenvalue weighted by Crippen LogP contribution is -2.59. The first-order valence-electron chi connectivity index (χ1n) is 9.89. The number of hydrogen-bond donors (Lipinski definition) is 2. The second-order valence-electron chi connectivity index (χ2n) is 8.32. The van der Waals surface area contributed by atoms with Gasteiger partial charge in [-0.1, -0.05) is 32.4 Å². The van der Waals surface area contributed by atoms with Crippen LogP contribution >= 0.6 is 0 Å². The van der Waals surface area contributed by atoms with Crippen molar-refractivity contribution >= 4 is 11.7 Å². The molecular formula is C21H33N3O. The molecule has 2 amide bonds. The highest BCUT2D eigenvalue weighted by atomic mass is 16.2. The fourth-order valence-electron chi connectivity index (χ4n) is 4.68. The number of benzene rings is 1. The van der Waals surface area contributed by atoms with Crippen LogP contribution in [0.1, 0.15) is 71.3 Å². The molecule has 25 heavy (non-hydrogen) atoms. The van der Waals surface area contributed by atoms with E-state index in [2.05, 4.69) is 55.4 Å². The number of rotatable bonds is 4. The molecule has 2 bridgehead atoms. The van der Waals surface area contributed by atoms with E-state index in [1.54, 1.807) is 0 Å². The van der Waals surface area contributed by atoms with Crippen LogP contribution in [-0.2, 0) is 0 Å². The van der Waals surface area contributed by atoms with Crippen LogP contribution in [0.25, 0.3) is 0 Å². The van der Waals surface area contributed by atoms with Crippen LogP contribution in [-0.4, -0.2) is 35.1 Å². The Bertz CT molecular complexity index is 567. The Balaban J connectivity index is 1.55. The highest BCUT2D eigenvalue weighted by Gasteiger charge is 2.39. The first-order valence-corrected chi connectivity index (χ1v) is 9.89. The van der Waals surface area contributed by atoms with Gasteiger partial charge in [0.1, 0.15) is 0 Å². The molecule has 2 aliphatic rings. The van der Waals surface area contributed by atoms with Crippen LogP contribution in [0.15, 0.2) is 24.3 Å². The Hall–Kier alpha value is -1.55. The standard InChI is InChI=1S/C21H33N3O/c1-14(2)16-8-10-17(11-9-16)22-21(25)23-18-12-19-6-5-7-20(13-18)24(19)15(3)4/h8-11,14-15,18-20H,5-7,12-13H2,1-4H3,(H2,22,23,25). The first-order chi connectivity index (χ1) is 11.9. The molecule has 3 rings (SSSR count). The summed E-state index contributed by atoms with van der Waals surface area (Å²) in [6, 6.07) is 10.2. The molecule has 0 aliphatic carbocycles. The molecule has 4 nitrogen and oxygen atoms in total. The molecule has 4 heteroatoms. The molecule has 1 aromatic carbocycles. The number of hydrogen-bond acceptors (Lipinski definition) is 2. The highest BCUT2D eigenvalue weighted by molar-refractivity contribution is 5.89. The third-order valence-corrected chi connectivity index (χ3v) is 5.80. The van der Waals surface area contributed by atoms with E-state index >= 15 is 0 Å². The van der Waals surface area contributed by atoms with Crippen molar-refractivity contribution in [2.24, 2.45) is 0 Å². The summed E-state index contributed by atoms with van der Waals surface area (Å²) >= 11 is 0. The molecule has 0 spiro atoms. The maximum Gasteiger partial charge on any atom is 0.319 e. The molecule has 2 saturated heterocycles. The lowest BCUT2D eigenvalue weighted by Gasteiger charge is -2.51. The van der Waals surface area contributed by atoms with Gasteiger partial charge in [-0.15, -0.1) is 0 Å². The molecule has 2 heterocycles. The van der Waals surface area contributed by atoms with E-state index in [1.807, 2.05) is 12.1 Å². The normalized spacial score (nSPS) is 26.7. The molecule has 0 radical (unpaired) electrons. The second kappa shape index (κ2) is 7.77. The van der Waals surface area contributed by atoms with Crippen molar-refractivity contribution in [3.8, 4) is 0 Å². The van der Waals surface area contributed by atoms with Crippen molar-refractivity contribution in [2.75, 3.05) is 5.32 Å². The molecule has 0 saturated carbocycles. The smallest absolute Gasteiger partial charge is 0.319 e. The van der Waals surface area contributed by atoms with E-state index < -0.39 is 0 Å². The van der Waals surface area contributed by atoms with E-state index in [9.17, 15) is 4.79 Å². The van der Waals surface area contributed by atoms with Gasteiger partial charge in [-0.25, -0.2) is 4.79 Å². The average Bonchev–Trinajstić information content (AvgIpc) is 2.54. The fourth-order valence-corrected chi connectivity index (χ4v) is 4.68. The van der Waals surface area contributed by atoms with E-state index in [4.69, 9.17) is 0 Å². The maximum atomic E-state index is 12.4. The molecule has 138 valence electrons. The number of anilines is 1. The Kier molecular flexibility index (Phi) is 5.67. The molecule has 0 aromatic heterocycles. The van der Waals surface area contributed by atoms with E-state index in [0.717, 1.165) is 18.5 Å². The van der Waals surface area contributed by atoms with Crippen LogP contribution in [0.5, 0.6) is 0 Å². The van der Waals surface area contributed by atoms with E-state index in [0.29, 0.717) is 30.1 Å². The fraction of sp³-hybridized carbons (Fsp3) is 0.667. The molecule has 2 fully saturated rings. The van der Waals surface area contributed by atoms with Gasteiger partial charge in [0.15, 0.2) is 0 Å². The summed E-state index contributed by atoms with van der Waals surface area (Å²) in [6.07, 6.45) is 6.03. The largest absolute Gasteiger partial charge is 0.335 e. The lowest BCUT2D eigenvalue weighted by atomic mass is 9.81. The zero-order valence-electron chi connectivity index (χ0n) is 16.1.